The summed E-state index contributed by atoms with van der Waals surface area (Å²) in [7, 11) is 0. The highest BCUT2D eigenvalue weighted by Crippen LogP contribution is 2.15. The lowest BCUT2D eigenvalue weighted by molar-refractivity contribution is -0.115. The van der Waals surface area contributed by atoms with Gasteiger partial charge in [-0.25, -0.2) is 9.97 Å². The van der Waals surface area contributed by atoms with Gasteiger partial charge in [-0.2, -0.15) is 5.26 Å². The predicted octanol–water partition coefficient (Wildman–Crippen LogP) is 2.47. The molecule has 0 saturated heterocycles. The first-order valence-corrected chi connectivity index (χ1v) is 6.97. The van der Waals surface area contributed by atoms with Crippen molar-refractivity contribution in [3.05, 3.63) is 48.3 Å². The Balaban J connectivity index is 1.83. The zero-order valence-electron chi connectivity index (χ0n) is 10.6. The van der Waals surface area contributed by atoms with Crippen molar-refractivity contribution in [3.8, 4) is 6.07 Å². The number of aromatic nitrogens is 2. The molecule has 0 aliphatic carbocycles. The van der Waals surface area contributed by atoms with Crippen LogP contribution in [0, 0.1) is 11.3 Å². The molecule has 0 saturated carbocycles. The average molecular weight is 284 g/mol. The summed E-state index contributed by atoms with van der Waals surface area (Å²) in [5.74, 6) is 0.459. The monoisotopic (exact) mass is 284 g/mol. The molecule has 0 aliphatic heterocycles. The van der Waals surface area contributed by atoms with E-state index in [1.54, 1.807) is 42.7 Å². The molecule has 0 atom stereocenters. The third kappa shape index (κ3) is 4.07. The molecule has 1 N–H and O–H groups in total. The highest BCUT2D eigenvalue weighted by Gasteiger charge is 2.06. The zero-order chi connectivity index (χ0) is 14.2. The van der Waals surface area contributed by atoms with Crippen molar-refractivity contribution in [3.63, 3.8) is 0 Å². The quantitative estimate of drug-likeness (QED) is 0.674. The Bertz CT molecular complexity index is 625. The Kier molecular flexibility index (Phi) is 5.09. The second kappa shape index (κ2) is 7.26. The fourth-order valence-electron chi connectivity index (χ4n) is 1.50. The molecule has 1 amide bonds. The molecule has 100 valence electrons. The van der Waals surface area contributed by atoms with E-state index in [0.29, 0.717) is 28.6 Å². The number of para-hydroxylation sites is 1. The molecular weight excluding hydrogens is 272 g/mol. The van der Waals surface area contributed by atoms with Crippen molar-refractivity contribution in [2.75, 3.05) is 11.1 Å². The van der Waals surface area contributed by atoms with Gasteiger partial charge in [0.1, 0.15) is 6.07 Å². The van der Waals surface area contributed by atoms with E-state index < -0.39 is 0 Å². The molecule has 20 heavy (non-hydrogen) atoms. The number of nitriles is 1. The summed E-state index contributed by atoms with van der Waals surface area (Å²) in [5, 5.41) is 12.3. The molecule has 0 radical (unpaired) electrons. The normalized spacial score (nSPS) is 9.75. The van der Waals surface area contributed by atoms with E-state index >= 15 is 0 Å². The number of nitrogens with one attached hydrogen (secondary N) is 1. The van der Waals surface area contributed by atoms with E-state index in [9.17, 15) is 4.79 Å². The summed E-state index contributed by atoms with van der Waals surface area (Å²) in [6, 6.07) is 10.7. The van der Waals surface area contributed by atoms with Gasteiger partial charge in [0.15, 0.2) is 5.16 Å². The minimum Gasteiger partial charge on any atom is -0.325 e. The lowest BCUT2D eigenvalue weighted by atomic mass is 10.2. The molecule has 0 unspecified atom stereocenters. The second-order valence-corrected chi connectivity index (χ2v) is 4.90. The number of nitrogens with zero attached hydrogens (tertiary/aromatic N) is 3. The van der Waals surface area contributed by atoms with E-state index in [-0.39, 0.29) is 5.91 Å². The number of rotatable bonds is 5. The van der Waals surface area contributed by atoms with Crippen LogP contribution in [0.25, 0.3) is 0 Å². The second-order valence-electron chi connectivity index (χ2n) is 3.84. The topological polar surface area (TPSA) is 78.7 Å². The molecule has 1 aromatic carbocycles. The molecule has 0 spiro atoms. The number of hydrogen-bond acceptors (Lipinski definition) is 5. The number of hydrogen-bond donors (Lipinski definition) is 1. The van der Waals surface area contributed by atoms with Crippen LogP contribution in [0.2, 0.25) is 0 Å². The first-order valence-electron chi connectivity index (χ1n) is 5.98. The number of anilines is 1. The van der Waals surface area contributed by atoms with Crippen LogP contribution >= 0.6 is 11.8 Å². The van der Waals surface area contributed by atoms with Gasteiger partial charge in [0.2, 0.25) is 5.91 Å². The number of carbonyl (C=O) groups excluding carboxylic acids is 1. The van der Waals surface area contributed by atoms with E-state index in [2.05, 4.69) is 15.3 Å². The molecule has 2 rings (SSSR count). The molecule has 1 aromatic heterocycles. The van der Waals surface area contributed by atoms with E-state index in [1.165, 1.54) is 11.8 Å². The Hall–Kier alpha value is -2.39. The van der Waals surface area contributed by atoms with Crippen LogP contribution in [-0.2, 0) is 4.79 Å². The summed E-state index contributed by atoms with van der Waals surface area (Å²) < 4.78 is 0. The predicted molar refractivity (Wildman–Crippen MR) is 77.2 cm³/mol. The SMILES string of the molecule is N#Cc1ccccc1NC(=O)CCSc1ncccn1. The van der Waals surface area contributed by atoms with Gasteiger partial charge in [0, 0.05) is 24.6 Å². The lowest BCUT2D eigenvalue weighted by Gasteiger charge is -2.06. The van der Waals surface area contributed by atoms with Crippen LogP contribution in [0.1, 0.15) is 12.0 Å². The minimum atomic E-state index is -0.129. The maximum absolute atomic E-state index is 11.8. The molecule has 0 bridgehead atoms. The Labute approximate surface area is 121 Å². The van der Waals surface area contributed by atoms with E-state index in [4.69, 9.17) is 5.26 Å². The third-order valence-corrected chi connectivity index (χ3v) is 3.30. The maximum atomic E-state index is 11.8. The fraction of sp³-hybridized carbons (Fsp3) is 0.143. The van der Waals surface area contributed by atoms with Gasteiger partial charge in [-0.15, -0.1) is 0 Å². The van der Waals surface area contributed by atoms with Crippen molar-refractivity contribution in [1.82, 2.24) is 9.97 Å². The number of benzene rings is 1. The fourth-order valence-corrected chi connectivity index (χ4v) is 2.24. The van der Waals surface area contributed by atoms with Crippen molar-refractivity contribution < 1.29 is 4.79 Å². The Morgan fingerprint density at radius 3 is 2.75 bits per heavy atom. The highest BCUT2D eigenvalue weighted by molar-refractivity contribution is 7.99. The number of amides is 1. The summed E-state index contributed by atoms with van der Waals surface area (Å²) in [5.41, 5.74) is 1.00. The summed E-state index contributed by atoms with van der Waals surface area (Å²) >= 11 is 1.42. The Morgan fingerprint density at radius 2 is 2.00 bits per heavy atom. The largest absolute Gasteiger partial charge is 0.325 e. The smallest absolute Gasteiger partial charge is 0.225 e. The molecule has 0 aliphatic rings. The van der Waals surface area contributed by atoms with Gasteiger partial charge < -0.3 is 5.32 Å². The van der Waals surface area contributed by atoms with Crippen LogP contribution in [-0.4, -0.2) is 21.6 Å². The van der Waals surface area contributed by atoms with Crippen molar-refractivity contribution >= 4 is 23.4 Å². The summed E-state index contributed by atoms with van der Waals surface area (Å²) in [4.78, 5) is 19.9. The van der Waals surface area contributed by atoms with Gasteiger partial charge in [0.05, 0.1) is 11.3 Å². The van der Waals surface area contributed by atoms with Crippen molar-refractivity contribution in [2.45, 2.75) is 11.6 Å². The lowest BCUT2D eigenvalue weighted by Crippen LogP contribution is -2.13. The molecule has 5 nitrogen and oxygen atoms in total. The van der Waals surface area contributed by atoms with Crippen LogP contribution in [0.15, 0.2) is 47.9 Å². The van der Waals surface area contributed by atoms with Crippen LogP contribution < -0.4 is 5.32 Å². The summed E-state index contributed by atoms with van der Waals surface area (Å²) in [6.07, 6.45) is 3.67. The first-order chi connectivity index (χ1) is 9.79. The first kappa shape index (κ1) is 14.0. The highest BCUT2D eigenvalue weighted by atomic mass is 32.2. The van der Waals surface area contributed by atoms with Crippen LogP contribution in [0.3, 0.4) is 0 Å². The number of thioether (sulfide) groups is 1. The molecular formula is C14H12N4OS. The van der Waals surface area contributed by atoms with Gasteiger partial charge >= 0.3 is 0 Å². The summed E-state index contributed by atoms with van der Waals surface area (Å²) in [6.45, 7) is 0. The van der Waals surface area contributed by atoms with Crippen molar-refractivity contribution in [1.29, 1.82) is 5.26 Å². The van der Waals surface area contributed by atoms with Gasteiger partial charge in [-0.1, -0.05) is 23.9 Å². The average Bonchev–Trinajstić information content (AvgIpc) is 2.49. The van der Waals surface area contributed by atoms with Gasteiger partial charge in [-0.05, 0) is 18.2 Å². The van der Waals surface area contributed by atoms with E-state index in [1.807, 2.05) is 6.07 Å². The standard InChI is InChI=1S/C14H12N4OS/c15-10-11-4-1-2-5-12(11)18-13(19)6-9-20-14-16-7-3-8-17-14/h1-5,7-8H,6,9H2,(H,18,19). The third-order valence-electron chi connectivity index (χ3n) is 2.42. The van der Waals surface area contributed by atoms with E-state index in [0.717, 1.165) is 0 Å². The maximum Gasteiger partial charge on any atom is 0.225 e. The van der Waals surface area contributed by atoms with Crippen LogP contribution in [0.4, 0.5) is 5.69 Å². The molecule has 6 heteroatoms. The van der Waals surface area contributed by atoms with Crippen molar-refractivity contribution in [2.24, 2.45) is 0 Å². The zero-order valence-corrected chi connectivity index (χ0v) is 11.4. The van der Waals surface area contributed by atoms with Gasteiger partial charge in [0.25, 0.3) is 0 Å². The minimum absolute atomic E-state index is 0.129. The molecule has 2 aromatic rings. The Morgan fingerprint density at radius 1 is 1.25 bits per heavy atom. The molecule has 0 fully saturated rings. The number of carbonyl (C=O) groups is 1. The van der Waals surface area contributed by atoms with Gasteiger partial charge in [-0.3, -0.25) is 4.79 Å². The van der Waals surface area contributed by atoms with Crippen LogP contribution in [0.5, 0.6) is 0 Å². The molecule has 1 heterocycles.